The number of fused-ring (bicyclic) bond motifs is 1. The van der Waals surface area contributed by atoms with Crippen LogP contribution in [-0.4, -0.2) is 31.0 Å². The molecule has 7 nitrogen and oxygen atoms in total. The van der Waals surface area contributed by atoms with Crippen molar-refractivity contribution in [3.05, 3.63) is 66.4 Å². The van der Waals surface area contributed by atoms with Gasteiger partial charge in [-0.05, 0) is 36.6 Å². The number of nitrogens with zero attached hydrogens (tertiary/aromatic N) is 5. The van der Waals surface area contributed by atoms with Crippen molar-refractivity contribution >= 4 is 34.5 Å². The topological polar surface area (TPSA) is 88.5 Å². The summed E-state index contributed by atoms with van der Waals surface area (Å²) in [5.74, 6) is 0.903. The number of anilines is 1. The van der Waals surface area contributed by atoms with E-state index < -0.39 is 0 Å². The number of imidazole rings is 1. The SMILES string of the molecule is CC(C)CCn1c(SCC(=O)Nc2c(C#N)cnn2-c2ccccc2)nc2ccccc21. The van der Waals surface area contributed by atoms with E-state index in [1.165, 1.54) is 18.0 Å². The Morgan fingerprint density at radius 3 is 2.66 bits per heavy atom. The van der Waals surface area contributed by atoms with Crippen LogP contribution in [0, 0.1) is 17.2 Å². The summed E-state index contributed by atoms with van der Waals surface area (Å²) in [6, 6.07) is 19.5. The maximum absolute atomic E-state index is 12.8. The first kappa shape index (κ1) is 21.7. The van der Waals surface area contributed by atoms with Gasteiger partial charge in [-0.25, -0.2) is 9.67 Å². The summed E-state index contributed by atoms with van der Waals surface area (Å²) in [5, 5.41) is 17.4. The van der Waals surface area contributed by atoms with E-state index in [-0.39, 0.29) is 11.7 Å². The molecule has 1 N–H and O–H groups in total. The number of hydrogen-bond donors (Lipinski definition) is 1. The van der Waals surface area contributed by atoms with Gasteiger partial charge >= 0.3 is 0 Å². The number of nitriles is 1. The molecule has 0 aliphatic rings. The molecule has 162 valence electrons. The second-order valence-electron chi connectivity index (χ2n) is 7.82. The van der Waals surface area contributed by atoms with Gasteiger partial charge in [0.05, 0.1) is 28.7 Å². The quantitative estimate of drug-likeness (QED) is 0.392. The Morgan fingerprint density at radius 1 is 1.16 bits per heavy atom. The number of rotatable bonds is 8. The van der Waals surface area contributed by atoms with Crippen molar-refractivity contribution in [3.8, 4) is 11.8 Å². The summed E-state index contributed by atoms with van der Waals surface area (Å²) in [4.78, 5) is 17.5. The van der Waals surface area contributed by atoms with Crippen LogP contribution >= 0.6 is 11.8 Å². The molecule has 2 heterocycles. The molecule has 4 aromatic rings. The minimum atomic E-state index is -0.216. The van der Waals surface area contributed by atoms with Crippen molar-refractivity contribution in [1.82, 2.24) is 19.3 Å². The van der Waals surface area contributed by atoms with E-state index in [1.54, 1.807) is 4.68 Å². The second kappa shape index (κ2) is 9.71. The third-order valence-electron chi connectivity index (χ3n) is 5.03. The van der Waals surface area contributed by atoms with E-state index >= 15 is 0 Å². The largest absolute Gasteiger partial charge is 0.319 e. The van der Waals surface area contributed by atoms with Crippen molar-refractivity contribution in [2.45, 2.75) is 32.0 Å². The molecule has 0 aliphatic carbocycles. The van der Waals surface area contributed by atoms with Crippen LogP contribution in [0.15, 0.2) is 66.0 Å². The van der Waals surface area contributed by atoms with Crippen LogP contribution in [0.4, 0.5) is 5.82 Å². The van der Waals surface area contributed by atoms with E-state index in [0.29, 0.717) is 17.3 Å². The Bertz CT molecular complexity index is 1270. The van der Waals surface area contributed by atoms with Gasteiger partial charge in [0.2, 0.25) is 5.91 Å². The molecular weight excluding hydrogens is 420 g/mol. The normalized spacial score (nSPS) is 11.1. The lowest BCUT2D eigenvalue weighted by molar-refractivity contribution is -0.113. The summed E-state index contributed by atoms with van der Waals surface area (Å²) in [6.45, 7) is 5.24. The van der Waals surface area contributed by atoms with Gasteiger partial charge in [0.25, 0.3) is 0 Å². The fourth-order valence-corrected chi connectivity index (χ4v) is 4.22. The molecule has 0 saturated carbocycles. The predicted octanol–water partition coefficient (Wildman–Crippen LogP) is 4.87. The van der Waals surface area contributed by atoms with Gasteiger partial charge in [-0.1, -0.05) is 55.9 Å². The van der Waals surface area contributed by atoms with E-state index in [1.807, 2.05) is 48.5 Å². The highest BCUT2D eigenvalue weighted by molar-refractivity contribution is 7.99. The number of nitrogens with one attached hydrogen (secondary N) is 1. The zero-order valence-corrected chi connectivity index (χ0v) is 18.8. The Kier molecular flexibility index (Phi) is 6.57. The summed E-state index contributed by atoms with van der Waals surface area (Å²) in [7, 11) is 0. The molecule has 8 heteroatoms. The fraction of sp³-hybridized carbons (Fsp3) is 0.250. The van der Waals surface area contributed by atoms with Gasteiger partial charge < -0.3 is 9.88 Å². The van der Waals surface area contributed by atoms with Gasteiger partial charge in [0, 0.05) is 6.54 Å². The highest BCUT2D eigenvalue weighted by Crippen LogP contribution is 2.26. The maximum Gasteiger partial charge on any atom is 0.236 e. The molecule has 4 rings (SSSR count). The summed E-state index contributed by atoms with van der Waals surface area (Å²) < 4.78 is 3.75. The average molecular weight is 445 g/mol. The molecule has 2 aromatic carbocycles. The van der Waals surface area contributed by atoms with Crippen molar-refractivity contribution < 1.29 is 4.79 Å². The first-order valence-electron chi connectivity index (χ1n) is 10.5. The Hall–Kier alpha value is -3.57. The lowest BCUT2D eigenvalue weighted by Gasteiger charge is -2.11. The van der Waals surface area contributed by atoms with Crippen molar-refractivity contribution in [2.24, 2.45) is 5.92 Å². The second-order valence-corrected chi connectivity index (χ2v) is 8.76. The Balaban J connectivity index is 1.52. The van der Waals surface area contributed by atoms with E-state index in [4.69, 9.17) is 4.98 Å². The number of thioether (sulfide) groups is 1. The molecule has 1 amide bonds. The van der Waals surface area contributed by atoms with Crippen LogP contribution < -0.4 is 5.32 Å². The molecular formula is C24H24N6OS. The molecule has 0 radical (unpaired) electrons. The number of carbonyl (C=O) groups excluding carboxylic acids is 1. The van der Waals surface area contributed by atoms with E-state index in [0.717, 1.165) is 34.8 Å². The van der Waals surface area contributed by atoms with Crippen LogP contribution in [-0.2, 0) is 11.3 Å². The highest BCUT2D eigenvalue weighted by atomic mass is 32.2. The number of aryl methyl sites for hydroxylation is 1. The highest BCUT2D eigenvalue weighted by Gasteiger charge is 2.17. The van der Waals surface area contributed by atoms with Crippen LogP contribution in [0.3, 0.4) is 0 Å². The van der Waals surface area contributed by atoms with Gasteiger partial charge in [-0.15, -0.1) is 0 Å². The fourth-order valence-electron chi connectivity index (χ4n) is 3.38. The molecule has 0 bridgehead atoms. The molecule has 0 saturated heterocycles. The molecule has 0 unspecified atom stereocenters. The zero-order valence-electron chi connectivity index (χ0n) is 18.0. The lowest BCUT2D eigenvalue weighted by Crippen LogP contribution is -2.18. The number of aromatic nitrogens is 4. The van der Waals surface area contributed by atoms with Crippen LogP contribution in [0.2, 0.25) is 0 Å². The molecule has 2 aromatic heterocycles. The van der Waals surface area contributed by atoms with Crippen molar-refractivity contribution in [2.75, 3.05) is 11.1 Å². The molecule has 0 atom stereocenters. The summed E-state index contributed by atoms with van der Waals surface area (Å²) in [6.07, 6.45) is 2.49. The van der Waals surface area contributed by atoms with Gasteiger partial charge in [-0.3, -0.25) is 4.79 Å². The minimum absolute atomic E-state index is 0.176. The van der Waals surface area contributed by atoms with Gasteiger partial charge in [0.1, 0.15) is 11.6 Å². The number of para-hydroxylation sites is 3. The lowest BCUT2D eigenvalue weighted by atomic mass is 10.1. The predicted molar refractivity (Wildman–Crippen MR) is 127 cm³/mol. The minimum Gasteiger partial charge on any atom is -0.319 e. The van der Waals surface area contributed by atoms with Crippen LogP contribution in [0.5, 0.6) is 0 Å². The molecule has 0 spiro atoms. The first-order chi connectivity index (χ1) is 15.6. The smallest absolute Gasteiger partial charge is 0.236 e. The molecule has 32 heavy (non-hydrogen) atoms. The number of benzene rings is 2. The van der Waals surface area contributed by atoms with Crippen molar-refractivity contribution in [1.29, 1.82) is 5.26 Å². The first-order valence-corrected chi connectivity index (χ1v) is 11.5. The summed E-state index contributed by atoms with van der Waals surface area (Å²) >= 11 is 1.40. The average Bonchev–Trinajstić information content (AvgIpc) is 3.37. The monoisotopic (exact) mass is 444 g/mol. The van der Waals surface area contributed by atoms with E-state index in [2.05, 4.69) is 41.0 Å². The number of amides is 1. The molecule has 0 aliphatic heterocycles. The van der Waals surface area contributed by atoms with Crippen LogP contribution in [0.25, 0.3) is 16.7 Å². The summed E-state index contributed by atoms with van der Waals surface area (Å²) in [5.41, 5.74) is 3.09. The van der Waals surface area contributed by atoms with Gasteiger partial charge in [-0.2, -0.15) is 10.4 Å². The van der Waals surface area contributed by atoms with Gasteiger partial charge in [0.15, 0.2) is 11.0 Å². The Labute approximate surface area is 191 Å². The van der Waals surface area contributed by atoms with Crippen LogP contribution in [0.1, 0.15) is 25.8 Å². The zero-order chi connectivity index (χ0) is 22.5. The standard InChI is InChI=1S/C24H24N6OS/c1-17(2)12-13-29-21-11-7-6-10-20(21)27-24(29)32-16-22(31)28-23-18(14-25)15-26-30(23)19-8-4-3-5-9-19/h3-11,15,17H,12-13,16H2,1-2H3,(H,28,31). The maximum atomic E-state index is 12.8. The number of carbonyl (C=O) groups is 1. The third kappa shape index (κ3) is 4.68. The third-order valence-corrected chi connectivity index (χ3v) is 6.01. The number of hydrogen-bond acceptors (Lipinski definition) is 5. The molecule has 0 fully saturated rings. The van der Waals surface area contributed by atoms with E-state index in [9.17, 15) is 10.1 Å². The Morgan fingerprint density at radius 2 is 1.91 bits per heavy atom. The van der Waals surface area contributed by atoms with Crippen molar-refractivity contribution in [3.63, 3.8) is 0 Å².